The third-order valence-corrected chi connectivity index (χ3v) is 3.59. The highest BCUT2D eigenvalue weighted by Crippen LogP contribution is 2.34. The molecule has 0 saturated carbocycles. The third kappa shape index (κ3) is 5.47. The number of rotatable bonds is 3. The number of carbonyl (C=O) groups excluding carboxylic acids is 1. The van der Waals surface area contributed by atoms with Crippen LogP contribution in [0.3, 0.4) is 0 Å². The summed E-state index contributed by atoms with van der Waals surface area (Å²) in [5.74, 6) is -0.158. The number of hydrogen-bond donors (Lipinski definition) is 0. The van der Waals surface area contributed by atoms with Crippen LogP contribution in [0.5, 0.6) is 11.5 Å². The van der Waals surface area contributed by atoms with E-state index in [1.807, 2.05) is 0 Å². The van der Waals surface area contributed by atoms with Crippen molar-refractivity contribution in [2.75, 3.05) is 13.1 Å². The fraction of sp³-hybridized carbons (Fsp3) is 0.533. The van der Waals surface area contributed by atoms with Gasteiger partial charge in [0.2, 0.25) is 0 Å². The number of carbonyl (C=O) groups is 1. The summed E-state index contributed by atoms with van der Waals surface area (Å²) >= 11 is 2.99. The van der Waals surface area contributed by atoms with Crippen LogP contribution in [0.2, 0.25) is 0 Å². The highest BCUT2D eigenvalue weighted by molar-refractivity contribution is 9.10. The molecule has 1 aliphatic rings. The summed E-state index contributed by atoms with van der Waals surface area (Å²) < 4.78 is 51.8. The molecule has 1 heterocycles. The molecule has 0 atom stereocenters. The second kappa shape index (κ2) is 6.70. The summed E-state index contributed by atoms with van der Waals surface area (Å²) in [6.45, 7) is 5.91. The zero-order chi connectivity index (χ0) is 18.1. The van der Waals surface area contributed by atoms with Crippen LogP contribution in [0.15, 0.2) is 22.7 Å². The minimum atomic E-state index is -4.79. The predicted molar refractivity (Wildman–Crippen MR) is 83.0 cm³/mol. The molecule has 9 heteroatoms. The summed E-state index contributed by atoms with van der Waals surface area (Å²) in [5.41, 5.74) is -0.585. The SMILES string of the molecule is CC(C)(C)OC(=O)N1CC(Oc2ccc(Br)c(OC(F)(F)F)c2)C1. The first kappa shape index (κ1) is 18.7. The molecule has 0 spiro atoms. The number of benzene rings is 1. The monoisotopic (exact) mass is 411 g/mol. The maximum atomic E-state index is 12.3. The number of likely N-dealkylation sites (tertiary alicyclic amines) is 1. The summed E-state index contributed by atoms with van der Waals surface area (Å²) in [7, 11) is 0. The Labute approximate surface area is 145 Å². The molecule has 0 aromatic heterocycles. The van der Waals surface area contributed by atoms with Gasteiger partial charge in [0.25, 0.3) is 0 Å². The van der Waals surface area contributed by atoms with E-state index in [0.717, 1.165) is 6.07 Å². The van der Waals surface area contributed by atoms with Gasteiger partial charge in [-0.05, 0) is 48.8 Å². The first-order chi connectivity index (χ1) is 10.9. The van der Waals surface area contributed by atoms with Crippen molar-refractivity contribution in [3.8, 4) is 11.5 Å². The van der Waals surface area contributed by atoms with Crippen molar-refractivity contribution in [2.24, 2.45) is 0 Å². The van der Waals surface area contributed by atoms with Crippen LogP contribution < -0.4 is 9.47 Å². The second-order valence-electron chi connectivity index (χ2n) is 6.27. The Morgan fingerprint density at radius 1 is 1.25 bits per heavy atom. The van der Waals surface area contributed by atoms with Crippen molar-refractivity contribution in [3.63, 3.8) is 0 Å². The molecule has 1 saturated heterocycles. The van der Waals surface area contributed by atoms with Crippen LogP contribution in [-0.4, -0.2) is 42.2 Å². The lowest BCUT2D eigenvalue weighted by Gasteiger charge is -2.39. The van der Waals surface area contributed by atoms with E-state index in [2.05, 4.69) is 20.7 Å². The van der Waals surface area contributed by atoms with Gasteiger partial charge in [-0.2, -0.15) is 0 Å². The Morgan fingerprint density at radius 3 is 2.42 bits per heavy atom. The van der Waals surface area contributed by atoms with Crippen LogP contribution in [0, 0.1) is 0 Å². The minimum Gasteiger partial charge on any atom is -0.487 e. The van der Waals surface area contributed by atoms with E-state index in [0.29, 0.717) is 13.1 Å². The van der Waals surface area contributed by atoms with Crippen LogP contribution in [-0.2, 0) is 4.74 Å². The highest BCUT2D eigenvalue weighted by atomic mass is 79.9. The highest BCUT2D eigenvalue weighted by Gasteiger charge is 2.36. The Morgan fingerprint density at radius 2 is 1.88 bits per heavy atom. The standard InChI is InChI=1S/C15H17BrF3NO4/c1-14(2,3)24-13(21)20-7-10(8-20)22-9-4-5-11(16)12(6-9)23-15(17,18)19/h4-6,10H,7-8H2,1-3H3. The smallest absolute Gasteiger partial charge is 0.487 e. The van der Waals surface area contributed by atoms with Gasteiger partial charge in [-0.3, -0.25) is 0 Å². The molecule has 134 valence electrons. The van der Waals surface area contributed by atoms with E-state index >= 15 is 0 Å². The average molecular weight is 412 g/mol. The first-order valence-corrected chi connectivity index (χ1v) is 7.92. The fourth-order valence-corrected chi connectivity index (χ4v) is 2.27. The lowest BCUT2D eigenvalue weighted by molar-refractivity contribution is -0.274. The third-order valence-electron chi connectivity index (χ3n) is 2.93. The fourth-order valence-electron chi connectivity index (χ4n) is 1.94. The number of hydrogen-bond acceptors (Lipinski definition) is 4. The van der Waals surface area contributed by atoms with Gasteiger partial charge in [-0.1, -0.05) is 0 Å². The summed E-state index contributed by atoms with van der Waals surface area (Å²) in [6.07, 6.45) is -5.54. The zero-order valence-corrected chi connectivity index (χ0v) is 14.9. The Kier molecular flexibility index (Phi) is 5.22. The van der Waals surface area contributed by atoms with E-state index in [1.54, 1.807) is 20.8 Å². The maximum absolute atomic E-state index is 12.3. The largest absolute Gasteiger partial charge is 0.573 e. The van der Waals surface area contributed by atoms with Gasteiger partial charge >= 0.3 is 12.5 Å². The van der Waals surface area contributed by atoms with Gasteiger partial charge in [-0.15, -0.1) is 13.2 Å². The van der Waals surface area contributed by atoms with Crippen LogP contribution >= 0.6 is 15.9 Å². The Bertz CT molecular complexity index is 610. The van der Waals surface area contributed by atoms with Gasteiger partial charge in [0.15, 0.2) is 0 Å². The second-order valence-corrected chi connectivity index (χ2v) is 7.12. The topological polar surface area (TPSA) is 48.0 Å². The molecule has 1 fully saturated rings. The number of nitrogens with zero attached hydrogens (tertiary/aromatic N) is 1. The van der Waals surface area contributed by atoms with Crippen LogP contribution in [0.1, 0.15) is 20.8 Å². The van der Waals surface area contributed by atoms with Gasteiger partial charge in [-0.25, -0.2) is 4.79 Å². The van der Waals surface area contributed by atoms with Gasteiger partial charge < -0.3 is 19.1 Å². The minimum absolute atomic E-state index is 0.163. The predicted octanol–water partition coefficient (Wildman–Crippen LogP) is 4.35. The van der Waals surface area contributed by atoms with Crippen molar-refractivity contribution in [1.29, 1.82) is 0 Å². The summed E-state index contributed by atoms with van der Waals surface area (Å²) in [5, 5.41) is 0. The molecule has 1 aromatic rings. The molecule has 2 rings (SSSR count). The van der Waals surface area contributed by atoms with Gasteiger partial charge in [0, 0.05) is 6.07 Å². The average Bonchev–Trinajstić information content (AvgIpc) is 2.33. The van der Waals surface area contributed by atoms with Crippen LogP contribution in [0.25, 0.3) is 0 Å². The van der Waals surface area contributed by atoms with E-state index in [1.165, 1.54) is 17.0 Å². The molecule has 1 aromatic carbocycles. The quantitative estimate of drug-likeness (QED) is 0.741. The maximum Gasteiger partial charge on any atom is 0.573 e. The Balaban J connectivity index is 1.90. The molecule has 5 nitrogen and oxygen atoms in total. The molecule has 1 aliphatic heterocycles. The van der Waals surface area contributed by atoms with Crippen molar-refractivity contribution in [2.45, 2.75) is 38.8 Å². The van der Waals surface area contributed by atoms with Crippen LogP contribution in [0.4, 0.5) is 18.0 Å². The molecule has 0 unspecified atom stereocenters. The molecular weight excluding hydrogens is 395 g/mol. The van der Waals surface area contributed by atoms with Crippen molar-refractivity contribution < 1.29 is 32.2 Å². The molecule has 0 aliphatic carbocycles. The summed E-state index contributed by atoms with van der Waals surface area (Å²) in [6, 6.07) is 4.07. The number of halogens is 4. The number of ether oxygens (including phenoxy) is 3. The van der Waals surface area contributed by atoms with E-state index in [9.17, 15) is 18.0 Å². The normalized spacial score (nSPS) is 15.7. The van der Waals surface area contributed by atoms with Gasteiger partial charge in [0.1, 0.15) is 23.2 Å². The van der Waals surface area contributed by atoms with E-state index < -0.39 is 18.1 Å². The lowest BCUT2D eigenvalue weighted by atomic mass is 10.1. The lowest BCUT2D eigenvalue weighted by Crippen LogP contribution is -2.57. The Hall–Kier alpha value is -1.64. The molecule has 0 radical (unpaired) electrons. The van der Waals surface area contributed by atoms with Crippen molar-refractivity contribution in [3.05, 3.63) is 22.7 Å². The molecule has 0 bridgehead atoms. The molecule has 1 amide bonds. The molecular formula is C15H17BrF3NO4. The van der Waals surface area contributed by atoms with E-state index in [-0.39, 0.29) is 22.1 Å². The zero-order valence-electron chi connectivity index (χ0n) is 13.3. The molecule has 24 heavy (non-hydrogen) atoms. The van der Waals surface area contributed by atoms with Gasteiger partial charge in [0.05, 0.1) is 17.6 Å². The van der Waals surface area contributed by atoms with Crippen molar-refractivity contribution in [1.82, 2.24) is 4.90 Å². The summed E-state index contributed by atoms with van der Waals surface area (Å²) in [4.78, 5) is 13.3. The van der Waals surface area contributed by atoms with E-state index in [4.69, 9.17) is 9.47 Å². The number of amides is 1. The first-order valence-electron chi connectivity index (χ1n) is 7.13. The van der Waals surface area contributed by atoms with Crippen molar-refractivity contribution >= 4 is 22.0 Å². The number of alkyl halides is 3. The molecule has 0 N–H and O–H groups in total.